The molecule has 8 heteroatoms. The second kappa shape index (κ2) is 11.0. The molecule has 1 N–H and O–H groups in total. The van der Waals surface area contributed by atoms with E-state index < -0.39 is 0 Å². The summed E-state index contributed by atoms with van der Waals surface area (Å²) in [5.41, 5.74) is 2.42. The van der Waals surface area contributed by atoms with Gasteiger partial charge in [0.2, 0.25) is 0 Å². The third kappa shape index (κ3) is 5.82. The zero-order valence-corrected chi connectivity index (χ0v) is 21.9. The second-order valence-corrected chi connectivity index (χ2v) is 10.1. The molecule has 0 saturated carbocycles. The smallest absolute Gasteiger partial charge is 0.252 e. The lowest BCUT2D eigenvalue weighted by Crippen LogP contribution is -2.36. The maximum Gasteiger partial charge on any atom is 0.252 e. The van der Waals surface area contributed by atoms with Crippen molar-refractivity contribution in [3.63, 3.8) is 0 Å². The molecule has 190 valence electrons. The number of hydrogen-bond donors (Lipinski definition) is 1. The molecule has 0 aliphatic heterocycles. The molecule has 2 heterocycles. The highest BCUT2D eigenvalue weighted by molar-refractivity contribution is 5.80. The van der Waals surface area contributed by atoms with E-state index >= 15 is 0 Å². The predicted molar refractivity (Wildman–Crippen MR) is 142 cm³/mol. The first kappa shape index (κ1) is 25.6. The number of rotatable bonds is 10. The van der Waals surface area contributed by atoms with Gasteiger partial charge in [-0.15, -0.1) is 5.10 Å². The van der Waals surface area contributed by atoms with E-state index in [0.717, 1.165) is 41.9 Å². The zero-order valence-electron chi connectivity index (χ0n) is 21.9. The standard InChI is InChI=1S/C28H36N6O2/c1-6-25(26-30-31-32-34(26)28(3,4)5)33(16-15-20-11-9-8-10-12-20)19-22-17-21-18-23(36-7-2)13-14-24(21)29-27(22)35/h8-14,17-18,25H,6-7,15-16,19H2,1-5H3,(H,29,35). The highest BCUT2D eigenvalue weighted by Crippen LogP contribution is 2.28. The van der Waals surface area contributed by atoms with Crippen molar-refractivity contribution in [2.24, 2.45) is 0 Å². The Bertz CT molecular complexity index is 1340. The Labute approximate surface area is 212 Å². The van der Waals surface area contributed by atoms with Gasteiger partial charge in [-0.1, -0.05) is 37.3 Å². The molecule has 8 nitrogen and oxygen atoms in total. The van der Waals surface area contributed by atoms with Crippen molar-refractivity contribution in [1.82, 2.24) is 30.1 Å². The van der Waals surface area contributed by atoms with Crippen molar-refractivity contribution in [2.75, 3.05) is 13.2 Å². The lowest BCUT2D eigenvalue weighted by molar-refractivity contribution is 0.163. The lowest BCUT2D eigenvalue weighted by atomic mass is 10.0. The van der Waals surface area contributed by atoms with E-state index in [0.29, 0.717) is 18.7 Å². The number of aromatic amines is 1. The molecule has 0 saturated heterocycles. The Kier molecular flexibility index (Phi) is 7.84. The summed E-state index contributed by atoms with van der Waals surface area (Å²) in [5.74, 6) is 1.61. The molecule has 0 radical (unpaired) electrons. The van der Waals surface area contributed by atoms with Gasteiger partial charge in [0, 0.05) is 29.6 Å². The number of benzene rings is 2. The first-order chi connectivity index (χ1) is 17.3. The molecule has 0 fully saturated rings. The normalized spacial score (nSPS) is 12.8. The average molecular weight is 489 g/mol. The van der Waals surface area contributed by atoms with Crippen LogP contribution in [-0.4, -0.2) is 43.2 Å². The molecule has 1 atom stereocenters. The fraction of sp³-hybridized carbons (Fsp3) is 0.429. The highest BCUT2D eigenvalue weighted by Gasteiger charge is 2.29. The molecule has 2 aromatic heterocycles. The molecule has 0 aliphatic carbocycles. The van der Waals surface area contributed by atoms with Gasteiger partial charge in [0.25, 0.3) is 5.56 Å². The molecule has 0 aliphatic rings. The van der Waals surface area contributed by atoms with E-state index in [1.807, 2.05) is 41.9 Å². The number of nitrogens with zero attached hydrogens (tertiary/aromatic N) is 5. The Morgan fingerprint density at radius 1 is 1.08 bits per heavy atom. The van der Waals surface area contributed by atoms with Crippen LogP contribution in [0.15, 0.2) is 59.4 Å². The van der Waals surface area contributed by atoms with E-state index in [4.69, 9.17) is 4.74 Å². The van der Waals surface area contributed by atoms with Crippen molar-refractivity contribution >= 4 is 10.9 Å². The number of aromatic nitrogens is 5. The predicted octanol–water partition coefficient (Wildman–Crippen LogP) is 4.86. The zero-order chi connectivity index (χ0) is 25.7. The molecule has 0 bridgehead atoms. The average Bonchev–Trinajstić information content (AvgIpc) is 3.35. The molecule has 0 amide bonds. The van der Waals surface area contributed by atoms with E-state index in [1.54, 1.807) is 0 Å². The summed E-state index contributed by atoms with van der Waals surface area (Å²) in [7, 11) is 0. The first-order valence-electron chi connectivity index (χ1n) is 12.7. The van der Waals surface area contributed by atoms with Gasteiger partial charge < -0.3 is 9.72 Å². The largest absolute Gasteiger partial charge is 0.494 e. The van der Waals surface area contributed by atoms with Gasteiger partial charge in [-0.2, -0.15) is 0 Å². The minimum atomic E-state index is -0.256. The number of tetrazole rings is 1. The molecular formula is C28H36N6O2. The maximum absolute atomic E-state index is 13.1. The van der Waals surface area contributed by atoms with Gasteiger partial charge in [-0.25, -0.2) is 4.68 Å². The summed E-state index contributed by atoms with van der Waals surface area (Å²) in [6.07, 6.45) is 1.67. The van der Waals surface area contributed by atoms with Crippen LogP contribution in [0, 0.1) is 0 Å². The second-order valence-electron chi connectivity index (χ2n) is 10.1. The highest BCUT2D eigenvalue weighted by atomic mass is 16.5. The number of pyridine rings is 1. The van der Waals surface area contributed by atoms with Crippen molar-refractivity contribution in [3.8, 4) is 5.75 Å². The first-order valence-corrected chi connectivity index (χ1v) is 12.7. The third-order valence-electron chi connectivity index (χ3n) is 6.36. The Morgan fingerprint density at radius 2 is 1.86 bits per heavy atom. The van der Waals surface area contributed by atoms with E-state index in [1.165, 1.54) is 5.56 Å². The van der Waals surface area contributed by atoms with E-state index in [9.17, 15) is 4.79 Å². The number of nitrogens with one attached hydrogen (secondary N) is 1. The maximum atomic E-state index is 13.1. The van der Waals surface area contributed by atoms with Crippen LogP contribution in [0.2, 0.25) is 0 Å². The quantitative estimate of drug-likeness (QED) is 0.343. The SMILES string of the molecule is CCOc1ccc2[nH]c(=O)c(CN(CCc3ccccc3)C(CC)c3nnnn3C(C)(C)C)cc2c1. The monoisotopic (exact) mass is 488 g/mol. The summed E-state index contributed by atoms with van der Waals surface area (Å²) in [6, 6.07) is 18.1. The van der Waals surface area contributed by atoms with Gasteiger partial charge in [0.1, 0.15) is 5.75 Å². The molecule has 1 unspecified atom stereocenters. The van der Waals surface area contributed by atoms with Crippen LogP contribution < -0.4 is 10.3 Å². The van der Waals surface area contributed by atoms with Crippen LogP contribution in [0.3, 0.4) is 0 Å². The Morgan fingerprint density at radius 3 is 2.56 bits per heavy atom. The van der Waals surface area contributed by atoms with Crippen molar-refractivity contribution in [1.29, 1.82) is 0 Å². The van der Waals surface area contributed by atoms with Crippen LogP contribution in [0.5, 0.6) is 5.75 Å². The molecular weight excluding hydrogens is 452 g/mol. The van der Waals surface area contributed by atoms with Crippen LogP contribution in [0.25, 0.3) is 10.9 Å². The molecule has 0 spiro atoms. The van der Waals surface area contributed by atoms with Gasteiger partial charge in [-0.05, 0) is 80.8 Å². The van der Waals surface area contributed by atoms with Gasteiger partial charge in [-0.3, -0.25) is 9.69 Å². The molecule has 4 rings (SSSR count). The third-order valence-corrected chi connectivity index (χ3v) is 6.36. The minimum absolute atomic E-state index is 0.0483. The minimum Gasteiger partial charge on any atom is -0.494 e. The van der Waals surface area contributed by atoms with Crippen molar-refractivity contribution < 1.29 is 4.74 Å². The summed E-state index contributed by atoms with van der Waals surface area (Å²) >= 11 is 0. The van der Waals surface area contributed by atoms with Gasteiger partial charge in [0.05, 0.1) is 18.2 Å². The van der Waals surface area contributed by atoms with Gasteiger partial charge >= 0.3 is 0 Å². The number of fused-ring (bicyclic) bond motifs is 1. The van der Waals surface area contributed by atoms with Crippen LogP contribution in [0.1, 0.15) is 64.0 Å². The van der Waals surface area contributed by atoms with Crippen LogP contribution in [-0.2, 0) is 18.5 Å². The number of hydrogen-bond acceptors (Lipinski definition) is 6. The summed E-state index contributed by atoms with van der Waals surface area (Å²) in [4.78, 5) is 18.5. The fourth-order valence-electron chi connectivity index (χ4n) is 4.57. The fourth-order valence-corrected chi connectivity index (χ4v) is 4.57. The summed E-state index contributed by atoms with van der Waals surface area (Å²) in [6.45, 7) is 12.2. The Hall–Kier alpha value is -3.52. The topological polar surface area (TPSA) is 88.9 Å². The summed E-state index contributed by atoms with van der Waals surface area (Å²) < 4.78 is 7.57. The number of ether oxygens (including phenoxy) is 1. The molecule has 36 heavy (non-hydrogen) atoms. The number of H-pyrrole nitrogens is 1. The van der Waals surface area contributed by atoms with Crippen LogP contribution >= 0.6 is 0 Å². The Balaban J connectivity index is 1.71. The lowest BCUT2D eigenvalue weighted by Gasteiger charge is -2.32. The van der Waals surface area contributed by atoms with Crippen molar-refractivity contribution in [3.05, 3.63) is 81.9 Å². The van der Waals surface area contributed by atoms with Crippen LogP contribution in [0.4, 0.5) is 0 Å². The molecule has 4 aromatic rings. The summed E-state index contributed by atoms with van der Waals surface area (Å²) in [5, 5.41) is 13.7. The van der Waals surface area contributed by atoms with Gasteiger partial charge in [0.15, 0.2) is 5.82 Å². The molecule has 2 aromatic carbocycles. The van der Waals surface area contributed by atoms with E-state index in [2.05, 4.69) is 77.4 Å². The van der Waals surface area contributed by atoms with Crippen molar-refractivity contribution in [2.45, 2.75) is 65.6 Å². The van der Waals surface area contributed by atoms with E-state index in [-0.39, 0.29) is 17.1 Å².